The van der Waals surface area contributed by atoms with Crippen LogP contribution in [-0.2, 0) is 4.74 Å². The van der Waals surface area contributed by atoms with Gasteiger partial charge >= 0.3 is 5.97 Å². The summed E-state index contributed by atoms with van der Waals surface area (Å²) < 4.78 is 4.70. The molecule has 0 radical (unpaired) electrons. The summed E-state index contributed by atoms with van der Waals surface area (Å²) in [4.78, 5) is 26.5. The van der Waals surface area contributed by atoms with E-state index >= 15 is 0 Å². The largest absolute Gasteiger partial charge is 0.465 e. The summed E-state index contributed by atoms with van der Waals surface area (Å²) in [5.74, 6) is -0.991. The molecular weight excluding hydrogens is 315 g/mol. The van der Waals surface area contributed by atoms with Crippen molar-refractivity contribution in [2.75, 3.05) is 12.4 Å². The topological polar surface area (TPSA) is 71.2 Å². The first kappa shape index (κ1) is 15.4. The molecule has 0 aliphatic heterocycles. The minimum Gasteiger partial charge on any atom is -0.465 e. The molecule has 21 heavy (non-hydrogen) atoms. The van der Waals surface area contributed by atoms with Crippen molar-refractivity contribution in [1.29, 1.82) is 0 Å². The van der Waals surface area contributed by atoms with Crippen molar-refractivity contribution in [2.45, 2.75) is 6.92 Å². The zero-order valence-electron chi connectivity index (χ0n) is 11.3. The molecule has 2 aromatic rings. The van der Waals surface area contributed by atoms with Crippen LogP contribution in [0.4, 0.5) is 5.69 Å². The Balaban J connectivity index is 2.30. The molecule has 7 heteroatoms. The molecule has 0 aliphatic carbocycles. The fourth-order valence-corrected chi connectivity index (χ4v) is 2.07. The number of hydrogen-bond acceptors (Lipinski definition) is 3. The maximum Gasteiger partial charge on any atom is 0.339 e. The minimum absolute atomic E-state index is 0.180. The lowest BCUT2D eigenvalue weighted by atomic mass is 10.1. The Labute approximate surface area is 131 Å². The quantitative estimate of drug-likeness (QED) is 0.845. The highest BCUT2D eigenvalue weighted by Crippen LogP contribution is 2.23. The Morgan fingerprint density at radius 2 is 1.95 bits per heavy atom. The lowest BCUT2D eigenvalue weighted by Gasteiger charge is -2.10. The fraction of sp³-hybridized carbons (Fsp3) is 0.143. The molecule has 2 rings (SSSR count). The van der Waals surface area contributed by atoms with Crippen LogP contribution < -0.4 is 5.32 Å². The van der Waals surface area contributed by atoms with Crippen LogP contribution in [-0.4, -0.2) is 24.0 Å². The predicted molar refractivity (Wildman–Crippen MR) is 81.3 cm³/mol. The Morgan fingerprint density at radius 3 is 2.52 bits per heavy atom. The van der Waals surface area contributed by atoms with Crippen LogP contribution in [0.2, 0.25) is 10.2 Å². The molecule has 2 N–H and O–H groups in total. The average Bonchev–Trinajstić information content (AvgIpc) is 2.80. The van der Waals surface area contributed by atoms with Gasteiger partial charge in [0.1, 0.15) is 10.8 Å². The molecule has 1 heterocycles. The van der Waals surface area contributed by atoms with Crippen molar-refractivity contribution in [2.24, 2.45) is 0 Å². The van der Waals surface area contributed by atoms with Crippen molar-refractivity contribution < 1.29 is 14.3 Å². The number of ether oxygens (including phenoxy) is 1. The number of amides is 1. The highest BCUT2D eigenvalue weighted by atomic mass is 35.5. The van der Waals surface area contributed by atoms with E-state index in [0.29, 0.717) is 5.69 Å². The van der Waals surface area contributed by atoms with Gasteiger partial charge in [-0.2, -0.15) is 0 Å². The van der Waals surface area contributed by atoms with Gasteiger partial charge in [0.25, 0.3) is 5.91 Å². The van der Waals surface area contributed by atoms with Gasteiger partial charge in [0.2, 0.25) is 0 Å². The Kier molecular flexibility index (Phi) is 4.55. The number of benzene rings is 1. The van der Waals surface area contributed by atoms with Gasteiger partial charge in [-0.15, -0.1) is 0 Å². The summed E-state index contributed by atoms with van der Waals surface area (Å²) in [6.45, 7) is 1.84. The summed E-state index contributed by atoms with van der Waals surface area (Å²) in [5.41, 5.74) is 1.69. The van der Waals surface area contributed by atoms with E-state index in [0.717, 1.165) is 5.56 Å². The third-order valence-electron chi connectivity index (χ3n) is 2.80. The molecule has 0 unspecified atom stereocenters. The molecule has 0 atom stereocenters. The molecule has 110 valence electrons. The van der Waals surface area contributed by atoms with E-state index < -0.39 is 11.9 Å². The van der Waals surface area contributed by atoms with Crippen molar-refractivity contribution >= 4 is 40.8 Å². The number of methoxy groups -OCH3 is 1. The molecule has 1 aromatic carbocycles. The molecule has 0 saturated carbocycles. The molecule has 0 aliphatic rings. The number of carbonyl (C=O) groups is 2. The summed E-state index contributed by atoms with van der Waals surface area (Å²) >= 11 is 11.5. The number of rotatable bonds is 3. The van der Waals surface area contributed by atoms with E-state index in [1.807, 2.05) is 6.92 Å². The smallest absolute Gasteiger partial charge is 0.339 e. The first-order valence-electron chi connectivity index (χ1n) is 5.96. The number of hydrogen-bond donors (Lipinski definition) is 2. The summed E-state index contributed by atoms with van der Waals surface area (Å²) in [5, 5.41) is 3.05. The zero-order chi connectivity index (χ0) is 15.6. The number of carbonyl (C=O) groups excluding carboxylic acids is 2. The van der Waals surface area contributed by atoms with Crippen molar-refractivity contribution in [3.8, 4) is 0 Å². The Bertz CT molecular complexity index is 691. The van der Waals surface area contributed by atoms with Crippen LogP contribution in [0.3, 0.4) is 0 Å². The maximum absolute atomic E-state index is 12.1. The van der Waals surface area contributed by atoms with Gasteiger partial charge in [-0.05, 0) is 25.1 Å². The van der Waals surface area contributed by atoms with Gasteiger partial charge in [0.05, 0.1) is 23.4 Å². The van der Waals surface area contributed by atoms with E-state index in [9.17, 15) is 9.59 Å². The minimum atomic E-state index is -0.531. The number of aromatic nitrogens is 1. The molecule has 0 saturated heterocycles. The number of H-pyrrole nitrogens is 1. The van der Waals surface area contributed by atoms with E-state index in [4.69, 9.17) is 27.9 Å². The number of aromatic amines is 1. The van der Waals surface area contributed by atoms with Crippen LogP contribution in [0.15, 0.2) is 24.3 Å². The maximum atomic E-state index is 12.1. The SMILES string of the molecule is COC(=O)c1cc(C)ccc1NC(=O)c1cc(Cl)c(Cl)[nH]1. The van der Waals surface area contributed by atoms with E-state index in [2.05, 4.69) is 10.3 Å². The standard InChI is InChI=1S/C14H12Cl2N2O3/c1-7-3-4-10(8(5-7)14(20)21-2)18-13(19)11-6-9(15)12(16)17-11/h3-6,17H,1-2H3,(H,18,19). The van der Waals surface area contributed by atoms with Crippen molar-refractivity contribution in [3.05, 3.63) is 51.3 Å². The lowest BCUT2D eigenvalue weighted by Crippen LogP contribution is -2.16. The third kappa shape index (κ3) is 3.37. The normalized spacial score (nSPS) is 10.3. The van der Waals surface area contributed by atoms with Gasteiger partial charge in [0.15, 0.2) is 0 Å². The molecular formula is C14H12Cl2N2O3. The summed E-state index contributed by atoms with van der Waals surface area (Å²) in [6, 6.07) is 6.45. The number of nitrogens with one attached hydrogen (secondary N) is 2. The van der Waals surface area contributed by atoms with Crippen LogP contribution >= 0.6 is 23.2 Å². The number of halogens is 2. The Morgan fingerprint density at radius 1 is 1.24 bits per heavy atom. The van der Waals surface area contributed by atoms with E-state index in [1.54, 1.807) is 18.2 Å². The van der Waals surface area contributed by atoms with Crippen LogP contribution in [0, 0.1) is 6.92 Å². The second-order valence-corrected chi connectivity index (χ2v) is 5.12. The van der Waals surface area contributed by atoms with Crippen molar-refractivity contribution in [3.63, 3.8) is 0 Å². The number of esters is 1. The third-order valence-corrected chi connectivity index (χ3v) is 3.49. The van der Waals surface area contributed by atoms with Gasteiger partial charge < -0.3 is 15.0 Å². The van der Waals surface area contributed by atoms with Gasteiger partial charge in [-0.3, -0.25) is 4.79 Å². The summed E-state index contributed by atoms with van der Waals surface area (Å²) in [6.07, 6.45) is 0. The molecule has 1 aromatic heterocycles. The van der Waals surface area contributed by atoms with Gasteiger partial charge in [-0.25, -0.2) is 4.79 Å². The fourth-order valence-electron chi connectivity index (χ4n) is 1.76. The Hall–Kier alpha value is -1.98. The van der Waals surface area contributed by atoms with Crippen LogP contribution in [0.5, 0.6) is 0 Å². The molecule has 0 fully saturated rings. The van der Waals surface area contributed by atoms with Gasteiger partial charge in [0, 0.05) is 0 Å². The van der Waals surface area contributed by atoms with Crippen molar-refractivity contribution in [1.82, 2.24) is 4.98 Å². The molecule has 0 spiro atoms. The first-order chi connectivity index (χ1) is 9.92. The zero-order valence-corrected chi connectivity index (χ0v) is 12.8. The summed E-state index contributed by atoms with van der Waals surface area (Å²) in [7, 11) is 1.28. The van der Waals surface area contributed by atoms with E-state index in [1.165, 1.54) is 13.2 Å². The average molecular weight is 327 g/mol. The number of aryl methyl sites for hydroxylation is 1. The second-order valence-electron chi connectivity index (χ2n) is 4.34. The molecule has 5 nitrogen and oxygen atoms in total. The van der Waals surface area contributed by atoms with E-state index in [-0.39, 0.29) is 21.4 Å². The first-order valence-corrected chi connectivity index (χ1v) is 6.72. The molecule has 0 bridgehead atoms. The van der Waals surface area contributed by atoms with Crippen LogP contribution in [0.25, 0.3) is 0 Å². The highest BCUT2D eigenvalue weighted by Gasteiger charge is 2.17. The van der Waals surface area contributed by atoms with Gasteiger partial charge in [-0.1, -0.05) is 34.8 Å². The van der Waals surface area contributed by atoms with Crippen LogP contribution in [0.1, 0.15) is 26.4 Å². The predicted octanol–water partition coefficient (Wildman–Crippen LogP) is 3.67. The highest BCUT2D eigenvalue weighted by molar-refractivity contribution is 6.41. The monoisotopic (exact) mass is 326 g/mol. The second kappa shape index (κ2) is 6.20. The number of anilines is 1. The lowest BCUT2D eigenvalue weighted by molar-refractivity contribution is 0.0602. The molecule has 1 amide bonds.